The van der Waals surface area contributed by atoms with Crippen LogP contribution in [0.3, 0.4) is 0 Å². The molecular formula is C41H48N4O5. The predicted octanol–water partition coefficient (Wildman–Crippen LogP) is 5.35. The van der Waals surface area contributed by atoms with Crippen molar-refractivity contribution in [3.8, 4) is 0 Å². The summed E-state index contributed by atoms with van der Waals surface area (Å²) in [5.74, 6) is -0.433. The van der Waals surface area contributed by atoms with E-state index >= 15 is 4.79 Å². The lowest BCUT2D eigenvalue weighted by Crippen LogP contribution is -2.50. The molecule has 4 amide bonds. The topological polar surface area (TPSA) is 122 Å². The summed E-state index contributed by atoms with van der Waals surface area (Å²) in [4.78, 5) is 44.1. The van der Waals surface area contributed by atoms with E-state index < -0.39 is 24.3 Å². The molecule has 1 heterocycles. The SMILES string of the molecule is CC(C)NC(=O)c1cccc(CN2C(=O)N(Cc3cccc(C(=O)NC(C)C)c3)[C@H](Cc3ccccc3)[C@H](O)[C@@H](O)[C@H]2Cc2ccccc2)c1. The second-order valence-corrected chi connectivity index (χ2v) is 13.7. The van der Waals surface area contributed by atoms with Crippen LogP contribution in [0.2, 0.25) is 0 Å². The van der Waals surface area contributed by atoms with E-state index in [1.54, 1.807) is 46.2 Å². The highest BCUT2D eigenvalue weighted by Crippen LogP contribution is 2.30. The zero-order valence-corrected chi connectivity index (χ0v) is 29.2. The first-order valence-electron chi connectivity index (χ1n) is 17.3. The fraction of sp³-hybridized carbons (Fsp3) is 0.341. The Labute approximate surface area is 294 Å². The third kappa shape index (κ3) is 9.16. The molecule has 0 aliphatic carbocycles. The molecule has 0 unspecified atom stereocenters. The van der Waals surface area contributed by atoms with Crippen LogP contribution in [-0.4, -0.2) is 74.2 Å². The monoisotopic (exact) mass is 676 g/mol. The van der Waals surface area contributed by atoms with Crippen LogP contribution in [0, 0.1) is 0 Å². The molecule has 50 heavy (non-hydrogen) atoms. The Balaban J connectivity index is 1.58. The first kappa shape index (κ1) is 36.3. The minimum absolute atomic E-state index is 0.0460. The van der Waals surface area contributed by atoms with Gasteiger partial charge in [0.25, 0.3) is 11.8 Å². The van der Waals surface area contributed by atoms with Gasteiger partial charge in [0.15, 0.2) is 0 Å². The molecule has 4 aromatic rings. The minimum Gasteiger partial charge on any atom is -0.388 e. The molecule has 1 fully saturated rings. The number of rotatable bonds is 12. The zero-order chi connectivity index (χ0) is 35.8. The maximum atomic E-state index is 15.0. The van der Waals surface area contributed by atoms with Crippen molar-refractivity contribution in [2.45, 2.75) is 90.0 Å². The standard InChI is InChI=1S/C41H48N4O5/c1-27(2)42-39(48)33-19-11-17-31(21-33)25-44-35(23-29-13-7-5-8-14-29)37(46)38(47)36(24-30-15-9-6-10-16-30)45(41(44)50)26-32-18-12-20-34(22-32)40(49)43-28(3)4/h5-22,27-28,35-38,46-47H,23-26H2,1-4H3,(H,42,48)(H,43,49)/t35-,36-,37+,38+/m1/s1. The van der Waals surface area contributed by atoms with Crippen LogP contribution in [0.5, 0.6) is 0 Å². The van der Waals surface area contributed by atoms with Crippen molar-refractivity contribution in [3.05, 3.63) is 143 Å². The lowest BCUT2D eigenvalue weighted by Gasteiger charge is -2.36. The first-order valence-corrected chi connectivity index (χ1v) is 17.3. The Bertz CT molecular complexity index is 1620. The summed E-state index contributed by atoms with van der Waals surface area (Å²) in [6.45, 7) is 7.76. The number of nitrogens with zero attached hydrogens (tertiary/aromatic N) is 2. The Morgan fingerprint density at radius 2 is 0.940 bits per heavy atom. The molecule has 4 aromatic carbocycles. The van der Waals surface area contributed by atoms with Gasteiger partial charge in [-0.15, -0.1) is 0 Å². The number of nitrogens with one attached hydrogen (secondary N) is 2. The number of aliphatic hydroxyl groups is 2. The Morgan fingerprint density at radius 3 is 1.30 bits per heavy atom. The van der Waals surface area contributed by atoms with E-state index in [4.69, 9.17) is 0 Å². The largest absolute Gasteiger partial charge is 0.388 e. The number of carbonyl (C=O) groups is 3. The Kier molecular flexibility index (Phi) is 12.1. The molecule has 0 aromatic heterocycles. The number of carbonyl (C=O) groups excluding carboxylic acids is 3. The highest BCUT2D eigenvalue weighted by molar-refractivity contribution is 5.95. The predicted molar refractivity (Wildman–Crippen MR) is 194 cm³/mol. The van der Waals surface area contributed by atoms with Crippen LogP contribution in [-0.2, 0) is 25.9 Å². The molecule has 4 atom stereocenters. The number of hydrogen-bond acceptors (Lipinski definition) is 5. The van der Waals surface area contributed by atoms with E-state index in [1.807, 2.05) is 100 Å². The van der Waals surface area contributed by atoms with Crippen molar-refractivity contribution in [3.63, 3.8) is 0 Å². The summed E-state index contributed by atoms with van der Waals surface area (Å²) in [5, 5.41) is 29.9. The lowest BCUT2D eigenvalue weighted by molar-refractivity contribution is -0.0408. The normalized spacial score (nSPS) is 19.4. The smallest absolute Gasteiger partial charge is 0.321 e. The molecule has 4 N–H and O–H groups in total. The van der Waals surface area contributed by atoms with Gasteiger partial charge < -0.3 is 30.6 Å². The van der Waals surface area contributed by atoms with Gasteiger partial charge in [0.2, 0.25) is 0 Å². The van der Waals surface area contributed by atoms with Gasteiger partial charge >= 0.3 is 6.03 Å². The second kappa shape index (κ2) is 16.6. The fourth-order valence-corrected chi connectivity index (χ4v) is 6.52. The zero-order valence-electron chi connectivity index (χ0n) is 29.2. The van der Waals surface area contributed by atoms with E-state index in [9.17, 15) is 19.8 Å². The van der Waals surface area contributed by atoms with Gasteiger partial charge in [-0.05, 0) is 87.1 Å². The molecule has 5 rings (SSSR count). The van der Waals surface area contributed by atoms with Gasteiger partial charge in [-0.1, -0.05) is 84.9 Å². The highest BCUT2D eigenvalue weighted by Gasteiger charge is 2.46. The van der Waals surface area contributed by atoms with Crippen LogP contribution in [0.25, 0.3) is 0 Å². The maximum Gasteiger partial charge on any atom is 0.321 e. The van der Waals surface area contributed by atoms with Gasteiger partial charge in [0.05, 0.1) is 12.1 Å². The van der Waals surface area contributed by atoms with Gasteiger partial charge in [-0.3, -0.25) is 9.59 Å². The van der Waals surface area contributed by atoms with E-state index in [2.05, 4.69) is 10.6 Å². The molecular weight excluding hydrogens is 628 g/mol. The number of urea groups is 1. The van der Waals surface area contributed by atoms with Crippen molar-refractivity contribution in [1.82, 2.24) is 20.4 Å². The third-order valence-corrected chi connectivity index (χ3v) is 8.93. The fourth-order valence-electron chi connectivity index (χ4n) is 6.52. The van der Waals surface area contributed by atoms with E-state index in [1.165, 1.54) is 0 Å². The third-order valence-electron chi connectivity index (χ3n) is 8.93. The average molecular weight is 677 g/mol. The summed E-state index contributed by atoms with van der Waals surface area (Å²) in [6.07, 6.45) is -1.99. The first-order chi connectivity index (χ1) is 24.0. The van der Waals surface area contributed by atoms with Crippen LogP contribution in [0.4, 0.5) is 4.79 Å². The summed E-state index contributed by atoms with van der Waals surface area (Å²) >= 11 is 0. The average Bonchev–Trinajstić information content (AvgIpc) is 3.16. The number of benzene rings is 4. The van der Waals surface area contributed by atoms with Crippen molar-refractivity contribution < 1.29 is 24.6 Å². The summed E-state index contributed by atoms with van der Waals surface area (Å²) in [6, 6.07) is 31.4. The van der Waals surface area contributed by atoms with E-state index in [0.717, 1.165) is 11.1 Å². The van der Waals surface area contributed by atoms with Crippen molar-refractivity contribution in [1.29, 1.82) is 0 Å². The van der Waals surface area contributed by atoms with Gasteiger partial charge in [-0.2, -0.15) is 0 Å². The van der Waals surface area contributed by atoms with Crippen LogP contribution < -0.4 is 10.6 Å². The van der Waals surface area contributed by atoms with Crippen molar-refractivity contribution in [2.24, 2.45) is 0 Å². The number of amides is 4. The molecule has 1 saturated heterocycles. The molecule has 1 aliphatic heterocycles. The van der Waals surface area contributed by atoms with Gasteiger partial charge in [0.1, 0.15) is 12.2 Å². The molecule has 262 valence electrons. The molecule has 1 aliphatic rings. The summed E-state index contributed by atoms with van der Waals surface area (Å²) < 4.78 is 0. The molecule has 0 radical (unpaired) electrons. The van der Waals surface area contributed by atoms with Crippen molar-refractivity contribution in [2.75, 3.05) is 0 Å². The minimum atomic E-state index is -1.30. The van der Waals surface area contributed by atoms with Crippen LogP contribution in [0.15, 0.2) is 109 Å². The number of aliphatic hydroxyl groups excluding tert-OH is 2. The van der Waals surface area contributed by atoms with E-state index in [-0.39, 0.29) is 43.0 Å². The van der Waals surface area contributed by atoms with E-state index in [0.29, 0.717) is 35.1 Å². The Hall–Kier alpha value is -4.99. The second-order valence-electron chi connectivity index (χ2n) is 13.7. The molecule has 0 saturated carbocycles. The van der Waals surface area contributed by atoms with Crippen molar-refractivity contribution >= 4 is 17.8 Å². The molecule has 9 nitrogen and oxygen atoms in total. The summed E-state index contributed by atoms with van der Waals surface area (Å²) in [5.41, 5.74) is 4.17. The molecule has 0 bridgehead atoms. The molecule has 0 spiro atoms. The summed E-state index contributed by atoms with van der Waals surface area (Å²) in [7, 11) is 0. The maximum absolute atomic E-state index is 15.0. The van der Waals surface area contributed by atoms with Gasteiger partial charge in [-0.25, -0.2) is 4.79 Å². The molecule has 9 heteroatoms. The lowest BCUT2D eigenvalue weighted by atomic mass is 9.90. The van der Waals surface area contributed by atoms with Crippen LogP contribution in [0.1, 0.15) is 70.7 Å². The quantitative estimate of drug-likeness (QED) is 0.161. The Morgan fingerprint density at radius 1 is 0.580 bits per heavy atom. The number of hydrogen-bond donors (Lipinski definition) is 4. The van der Waals surface area contributed by atoms with Crippen LogP contribution >= 0.6 is 0 Å². The van der Waals surface area contributed by atoms with Gasteiger partial charge in [0, 0.05) is 36.3 Å². The highest BCUT2D eigenvalue weighted by atomic mass is 16.3.